The first kappa shape index (κ1) is 20.2. The molecule has 3 saturated heterocycles. The Morgan fingerprint density at radius 2 is 1.50 bits per heavy atom. The van der Waals surface area contributed by atoms with E-state index in [1.54, 1.807) is 26.0 Å². The minimum atomic E-state index is -3.92. The van der Waals surface area contributed by atoms with Crippen LogP contribution in [0.4, 0.5) is 0 Å². The first-order valence-electron chi connectivity index (χ1n) is 9.29. The second kappa shape index (κ2) is 6.73. The van der Waals surface area contributed by atoms with Crippen molar-refractivity contribution in [2.75, 3.05) is 6.61 Å². The van der Waals surface area contributed by atoms with Crippen molar-refractivity contribution in [3.63, 3.8) is 0 Å². The van der Waals surface area contributed by atoms with E-state index in [1.165, 1.54) is 12.1 Å². The van der Waals surface area contributed by atoms with Gasteiger partial charge in [0.25, 0.3) is 10.1 Å². The van der Waals surface area contributed by atoms with Gasteiger partial charge in [-0.15, -0.1) is 0 Å². The number of aryl methyl sites for hydroxylation is 1. The number of hydrogen-bond donors (Lipinski definition) is 0. The van der Waals surface area contributed by atoms with Crippen LogP contribution >= 0.6 is 0 Å². The molecule has 3 fully saturated rings. The van der Waals surface area contributed by atoms with E-state index < -0.39 is 52.4 Å². The zero-order valence-corrected chi connectivity index (χ0v) is 17.4. The summed E-state index contributed by atoms with van der Waals surface area (Å²) in [6.45, 7) is 8.83. The molecule has 0 amide bonds. The van der Waals surface area contributed by atoms with Crippen LogP contribution < -0.4 is 0 Å². The number of benzene rings is 1. The molecule has 4 rings (SSSR count). The Balaban J connectivity index is 1.49. The Morgan fingerprint density at radius 3 is 2.18 bits per heavy atom. The van der Waals surface area contributed by atoms with Gasteiger partial charge in [-0.3, -0.25) is 4.18 Å². The molecule has 0 aromatic heterocycles. The Morgan fingerprint density at radius 1 is 0.893 bits per heavy atom. The lowest BCUT2D eigenvalue weighted by molar-refractivity contribution is -0.346. The minimum Gasteiger partial charge on any atom is -0.342 e. The molecule has 3 aliphatic heterocycles. The van der Waals surface area contributed by atoms with Crippen molar-refractivity contribution >= 4 is 10.1 Å². The van der Waals surface area contributed by atoms with E-state index in [9.17, 15) is 8.42 Å². The summed E-state index contributed by atoms with van der Waals surface area (Å²) in [6, 6.07) is 6.47. The molecule has 156 valence electrons. The normalized spacial score (nSPS) is 36.1. The van der Waals surface area contributed by atoms with Gasteiger partial charge in [0.15, 0.2) is 17.9 Å². The van der Waals surface area contributed by atoms with Crippen molar-refractivity contribution < 1.29 is 36.3 Å². The van der Waals surface area contributed by atoms with Crippen LogP contribution in [0.25, 0.3) is 0 Å². The molecule has 0 N–H and O–H groups in total. The van der Waals surface area contributed by atoms with Crippen LogP contribution in [0.5, 0.6) is 0 Å². The van der Waals surface area contributed by atoms with E-state index in [4.69, 9.17) is 27.9 Å². The summed E-state index contributed by atoms with van der Waals surface area (Å²) in [6.07, 6.45) is -2.69. The minimum absolute atomic E-state index is 0.0959. The predicted molar refractivity (Wildman–Crippen MR) is 96.8 cm³/mol. The van der Waals surface area contributed by atoms with Gasteiger partial charge in [-0.25, -0.2) is 0 Å². The zero-order valence-electron chi connectivity index (χ0n) is 16.6. The van der Waals surface area contributed by atoms with Crippen molar-refractivity contribution in [2.45, 2.75) is 81.8 Å². The van der Waals surface area contributed by atoms with Gasteiger partial charge in [0.05, 0.1) is 11.5 Å². The second-order valence-corrected chi connectivity index (χ2v) is 9.87. The molecule has 28 heavy (non-hydrogen) atoms. The lowest BCUT2D eigenvalue weighted by Gasteiger charge is -2.43. The van der Waals surface area contributed by atoms with Crippen molar-refractivity contribution in [2.24, 2.45) is 0 Å². The largest absolute Gasteiger partial charge is 0.342 e. The van der Waals surface area contributed by atoms with Crippen LogP contribution in [0.3, 0.4) is 0 Å². The highest BCUT2D eigenvalue weighted by molar-refractivity contribution is 7.86. The highest BCUT2D eigenvalue weighted by Crippen LogP contribution is 2.44. The van der Waals surface area contributed by atoms with Crippen molar-refractivity contribution in [3.8, 4) is 0 Å². The van der Waals surface area contributed by atoms with Gasteiger partial charge < -0.3 is 23.7 Å². The number of ether oxygens (including phenoxy) is 5. The second-order valence-electron chi connectivity index (χ2n) is 8.26. The average molecular weight is 414 g/mol. The van der Waals surface area contributed by atoms with Gasteiger partial charge in [0.1, 0.15) is 24.4 Å². The molecule has 0 spiro atoms. The smallest absolute Gasteiger partial charge is 0.297 e. The predicted octanol–water partition coefficient (Wildman–Crippen LogP) is 2.10. The molecule has 1 aromatic rings. The quantitative estimate of drug-likeness (QED) is 0.692. The van der Waals surface area contributed by atoms with Gasteiger partial charge in [-0.1, -0.05) is 17.7 Å². The molecule has 0 saturated carbocycles. The van der Waals surface area contributed by atoms with Crippen LogP contribution in [-0.2, 0) is 38.0 Å². The zero-order chi connectivity index (χ0) is 20.3. The number of fused-ring (bicyclic) bond motifs is 3. The van der Waals surface area contributed by atoms with Crippen LogP contribution in [0, 0.1) is 6.92 Å². The summed E-state index contributed by atoms with van der Waals surface area (Å²) in [4.78, 5) is 0.0959. The molecule has 0 radical (unpaired) electrons. The molecule has 3 aliphatic rings. The molecule has 9 heteroatoms. The summed E-state index contributed by atoms with van der Waals surface area (Å²) in [5.74, 6) is -1.72. The molecule has 8 nitrogen and oxygen atoms in total. The third-order valence-corrected chi connectivity index (χ3v) is 6.24. The fourth-order valence-electron chi connectivity index (χ4n) is 3.78. The summed E-state index contributed by atoms with van der Waals surface area (Å²) in [5.41, 5.74) is 0.963. The van der Waals surface area contributed by atoms with Gasteiger partial charge >= 0.3 is 0 Å². The van der Waals surface area contributed by atoms with Gasteiger partial charge in [-0.05, 0) is 46.8 Å². The summed E-state index contributed by atoms with van der Waals surface area (Å²) in [7, 11) is -3.92. The molecule has 0 aliphatic carbocycles. The lowest BCUT2D eigenvalue weighted by Crippen LogP contribution is -2.57. The Hall–Kier alpha value is -1.07. The van der Waals surface area contributed by atoms with Crippen LogP contribution in [0.15, 0.2) is 29.2 Å². The van der Waals surface area contributed by atoms with E-state index in [2.05, 4.69) is 0 Å². The standard InChI is InChI=1S/C19H26O8S/c1-11-6-8-12(9-7-11)28(20,21)22-10-13-14-15(25-18(2,3)24-13)16-17(23-14)27-19(4,5)26-16/h6-9,13-17H,10H2,1-5H3/t13-,14-,15+,16-,17-/m1/s1. The van der Waals surface area contributed by atoms with Crippen molar-refractivity contribution in [3.05, 3.63) is 29.8 Å². The Bertz CT molecular complexity index is 832. The van der Waals surface area contributed by atoms with Gasteiger partial charge in [-0.2, -0.15) is 8.42 Å². The van der Waals surface area contributed by atoms with Crippen LogP contribution in [0.2, 0.25) is 0 Å². The Labute approximate surface area is 165 Å². The third-order valence-electron chi connectivity index (χ3n) is 4.95. The maximum absolute atomic E-state index is 12.5. The van der Waals surface area contributed by atoms with Crippen LogP contribution in [-0.4, -0.2) is 57.3 Å². The summed E-state index contributed by atoms with van der Waals surface area (Å²) in [5, 5.41) is 0. The highest BCUT2D eigenvalue weighted by Gasteiger charge is 2.61. The molecule has 1 aromatic carbocycles. The van der Waals surface area contributed by atoms with Gasteiger partial charge in [0, 0.05) is 0 Å². The van der Waals surface area contributed by atoms with E-state index in [-0.39, 0.29) is 11.5 Å². The molecule has 5 atom stereocenters. The summed E-state index contributed by atoms with van der Waals surface area (Å²) >= 11 is 0. The van der Waals surface area contributed by atoms with Gasteiger partial charge in [0.2, 0.25) is 0 Å². The first-order valence-corrected chi connectivity index (χ1v) is 10.7. The highest BCUT2D eigenvalue weighted by atomic mass is 32.2. The Kier molecular flexibility index (Phi) is 4.86. The molecule has 0 bridgehead atoms. The molecule has 0 unspecified atom stereocenters. The average Bonchev–Trinajstić information content (AvgIpc) is 3.05. The SMILES string of the molecule is Cc1ccc(S(=O)(=O)OC[C@H]2OC(C)(C)O[C@@H]3[C@H]4OC(C)(C)O[C@H]4O[C@@H]32)cc1. The number of rotatable bonds is 4. The van der Waals surface area contributed by atoms with E-state index in [1.807, 2.05) is 20.8 Å². The van der Waals surface area contributed by atoms with Crippen molar-refractivity contribution in [1.29, 1.82) is 0 Å². The van der Waals surface area contributed by atoms with E-state index >= 15 is 0 Å². The summed E-state index contributed by atoms with van der Waals surface area (Å²) < 4.78 is 59.9. The maximum Gasteiger partial charge on any atom is 0.297 e. The maximum atomic E-state index is 12.5. The topological polar surface area (TPSA) is 89.5 Å². The van der Waals surface area contributed by atoms with E-state index in [0.29, 0.717) is 0 Å². The first-order chi connectivity index (χ1) is 13.0. The molecule has 3 heterocycles. The fraction of sp³-hybridized carbons (Fsp3) is 0.684. The van der Waals surface area contributed by atoms with Crippen molar-refractivity contribution in [1.82, 2.24) is 0 Å². The van der Waals surface area contributed by atoms with E-state index in [0.717, 1.165) is 5.56 Å². The fourth-order valence-corrected chi connectivity index (χ4v) is 4.70. The third kappa shape index (κ3) is 3.85. The van der Waals surface area contributed by atoms with Crippen LogP contribution in [0.1, 0.15) is 33.3 Å². The lowest BCUT2D eigenvalue weighted by atomic mass is 10.0. The molecular weight excluding hydrogens is 388 g/mol. The molecular formula is C19H26O8S. The number of hydrogen-bond acceptors (Lipinski definition) is 8. The monoisotopic (exact) mass is 414 g/mol.